The van der Waals surface area contributed by atoms with Crippen LogP contribution in [0.3, 0.4) is 0 Å². The Balaban J connectivity index is 0.000000725. The van der Waals surface area contributed by atoms with Crippen molar-refractivity contribution in [3.8, 4) is 0 Å². The van der Waals surface area contributed by atoms with Crippen LogP contribution in [0, 0.1) is 17.8 Å². The fourth-order valence-electron chi connectivity index (χ4n) is 17.6. The van der Waals surface area contributed by atoms with Crippen LogP contribution in [0.4, 0.5) is 0 Å². The molecule has 125 heavy (non-hydrogen) atoms. The van der Waals surface area contributed by atoms with Crippen molar-refractivity contribution in [3.63, 3.8) is 0 Å². The second kappa shape index (κ2) is 68.3. The van der Waals surface area contributed by atoms with Crippen LogP contribution in [0.25, 0.3) is 0 Å². The van der Waals surface area contributed by atoms with Gasteiger partial charge in [0, 0.05) is 135 Å². The van der Waals surface area contributed by atoms with Crippen LogP contribution in [0.5, 0.6) is 0 Å². The number of likely N-dealkylation sites (tertiary alicyclic amines) is 1. The van der Waals surface area contributed by atoms with Gasteiger partial charge in [0.2, 0.25) is 47.3 Å². The number of hydrogen-bond acceptors (Lipinski definition) is 9. The molecule has 4 bridgehead atoms. The Morgan fingerprint density at radius 2 is 0.800 bits per heavy atom. The first-order valence-corrected chi connectivity index (χ1v) is 48.9. The Morgan fingerprint density at radius 1 is 0.416 bits per heavy atom. The van der Waals surface area contributed by atoms with Crippen molar-refractivity contribution < 1.29 is 43.1 Å². The maximum absolute atomic E-state index is 12.4. The number of carbonyl (C=O) groups excluding carboxylic acids is 8. The van der Waals surface area contributed by atoms with Gasteiger partial charge in [-0.3, -0.25) is 38.4 Å². The molecule has 17 heteroatoms. The lowest BCUT2D eigenvalue weighted by Gasteiger charge is -2.60. The number of morpholine rings is 1. The van der Waals surface area contributed by atoms with Crippen molar-refractivity contribution in [2.45, 2.75) is 366 Å². The third-order valence-corrected chi connectivity index (χ3v) is 24.6. The molecule has 2 saturated heterocycles. The Hall–Kier alpha value is -7.92. The number of carbonyl (C=O) groups is 8. The highest BCUT2D eigenvalue weighted by molar-refractivity contribution is 5.95. The predicted octanol–water partition coefficient (Wildman–Crippen LogP) is 24.6. The Labute approximate surface area is 763 Å². The quantitative estimate of drug-likeness (QED) is 0.0499. The van der Waals surface area contributed by atoms with E-state index in [0.717, 1.165) is 114 Å². The maximum atomic E-state index is 12.4. The van der Waals surface area contributed by atoms with E-state index in [4.69, 9.17) is 4.74 Å². The Kier molecular flexibility index (Phi) is 62.8. The smallest absolute Gasteiger partial charge is 0.249 e. The highest BCUT2D eigenvalue weighted by Gasteiger charge is 2.54. The van der Waals surface area contributed by atoms with Gasteiger partial charge >= 0.3 is 0 Å². The van der Waals surface area contributed by atoms with E-state index < -0.39 is 0 Å². The fraction of sp³-hybridized carbons (Fsp3) is 0.667. The number of amides is 8. The molecule has 2 aromatic rings. The standard InChI is InChI=1S/C22H43NO.C18H27NO.C16H25NO.C14H25NO.C13H17NO.C9H15NO.C8H13NO2.C8H15NO/c1-4-5-6-7-8-9-10-11-12-13-14-15-16-17-18-19-20-23-22(24)21(2)3;1-4-5-6-7-11-14-19(18(20)16(2)3)15-17-12-9-8-10-13-17;1-4-17(15(18)11(2)3)16-8-12-5-13(9-16)7-14(6-12)10-16;1-4-5-11-15(14(16)12(2)3)13-9-7-6-8-10-13;1-10(2)13(15)14(4)11(3)12-8-6-5-7-9-12;1-8(2)9(11)10-6-4-3-5-7-10;1-7(2)8(10)9-3-5-11-6-4-9;1-5-9(6-2)8(10)7(3)4/h2,4-20H2,1,3H3,(H,23,24);8-10,12-13H,2,4-7,11,14-15H2,1,3H3;12-14H,2,4-10H2,1,3H3;13H,2,4-11H2,1,3H3;5-9,11H,1H2,2-4H3;1,3-7H2,2H3;1,3-6H2,2H3;3,5-6H2,1-2,4H3. The van der Waals surface area contributed by atoms with E-state index in [1.54, 1.807) is 63.3 Å². The molecule has 5 aliphatic carbocycles. The number of piperidine rings is 1. The lowest BCUT2D eigenvalue weighted by Crippen LogP contribution is -2.61. The summed E-state index contributed by atoms with van der Waals surface area (Å²) in [5.74, 6) is 3.34. The molecule has 8 amide bonds. The average molecular weight is 1730 g/mol. The second-order valence-corrected chi connectivity index (χ2v) is 36.5. The number of rotatable bonds is 43. The average Bonchev–Trinajstić information content (AvgIpc) is 0.734. The van der Waals surface area contributed by atoms with Gasteiger partial charge in [0.1, 0.15) is 0 Å². The molecular formula is C108H180N8O9. The molecule has 706 valence electrons. The summed E-state index contributed by atoms with van der Waals surface area (Å²) < 4.78 is 5.11. The number of unbranched alkanes of at least 4 members (excludes halogenated alkanes) is 20. The maximum Gasteiger partial charge on any atom is 0.249 e. The van der Waals surface area contributed by atoms with Crippen molar-refractivity contribution >= 4 is 47.3 Å². The highest BCUT2D eigenvalue weighted by Crippen LogP contribution is 2.58. The van der Waals surface area contributed by atoms with Crippen LogP contribution in [0.1, 0.15) is 359 Å². The number of nitrogens with zero attached hydrogens (tertiary/aromatic N) is 7. The minimum atomic E-state index is -0.00801. The molecule has 2 aliphatic heterocycles. The zero-order chi connectivity index (χ0) is 93.7. The zero-order valence-corrected chi connectivity index (χ0v) is 82.5. The fourth-order valence-corrected chi connectivity index (χ4v) is 17.6. The summed E-state index contributed by atoms with van der Waals surface area (Å²) in [5, 5.41) is 2.89. The number of ether oxygens (including phenoxy) is 1. The SMILES string of the molecule is C=C(C)C(=O)N(C)C(C)c1ccccc1.C=C(C)C(=O)N(CC)C12CC3CC(CC(C3)C1)C2.C=C(C)C(=O)N(CC)CC.C=C(C)C(=O)N(CCCC)C1CCCCC1.C=C(C)C(=O)N(CCCCCCC)Cc1ccccc1.C=C(C)C(=O)N1CCCCC1.C=C(C)C(=O)N1CCOCC1.C=C(C)C(=O)NCCCCCCCCCCCCCCCCCC. The summed E-state index contributed by atoms with van der Waals surface area (Å²) in [6.45, 7) is 68.6. The normalized spacial score (nSPS) is 17.1. The van der Waals surface area contributed by atoms with Crippen LogP contribution in [-0.4, -0.2) is 179 Å². The van der Waals surface area contributed by atoms with Crippen LogP contribution in [0.2, 0.25) is 0 Å². The Morgan fingerprint density at radius 3 is 1.18 bits per heavy atom. The molecule has 1 unspecified atom stereocenters. The van der Waals surface area contributed by atoms with Gasteiger partial charge in [-0.15, -0.1) is 0 Å². The van der Waals surface area contributed by atoms with Crippen molar-refractivity contribution in [1.29, 1.82) is 0 Å². The molecule has 2 aromatic carbocycles. The molecule has 0 radical (unpaired) electrons. The van der Waals surface area contributed by atoms with Crippen molar-refractivity contribution in [3.05, 3.63) is 169 Å². The molecule has 2 heterocycles. The van der Waals surface area contributed by atoms with E-state index in [1.807, 2.05) is 92.9 Å². The summed E-state index contributed by atoms with van der Waals surface area (Å²) >= 11 is 0. The van der Waals surface area contributed by atoms with Gasteiger partial charge in [0.25, 0.3) is 0 Å². The Bertz CT molecular complexity index is 3430. The van der Waals surface area contributed by atoms with Gasteiger partial charge in [-0.1, -0.05) is 282 Å². The first kappa shape index (κ1) is 115. The molecule has 9 rings (SSSR count). The monoisotopic (exact) mass is 1730 g/mol. The molecule has 7 aliphatic rings. The number of hydrogen-bond donors (Lipinski definition) is 1. The van der Waals surface area contributed by atoms with Crippen molar-refractivity contribution in [1.82, 2.24) is 39.6 Å². The van der Waals surface area contributed by atoms with Crippen LogP contribution >= 0.6 is 0 Å². The lowest BCUT2D eigenvalue weighted by molar-refractivity contribution is -0.146. The first-order chi connectivity index (χ1) is 59.6. The van der Waals surface area contributed by atoms with Gasteiger partial charge in [-0.2, -0.15) is 0 Å². The summed E-state index contributed by atoms with van der Waals surface area (Å²) in [7, 11) is 1.80. The first-order valence-electron chi connectivity index (χ1n) is 48.9. The number of nitrogens with one attached hydrogen (secondary N) is 1. The molecule has 1 atom stereocenters. The van der Waals surface area contributed by atoms with Gasteiger partial charge in [0.05, 0.1) is 19.3 Å². The molecule has 17 nitrogen and oxygen atoms in total. The van der Waals surface area contributed by atoms with Crippen LogP contribution in [0.15, 0.2) is 158 Å². The van der Waals surface area contributed by atoms with E-state index in [2.05, 4.69) is 108 Å². The second-order valence-electron chi connectivity index (χ2n) is 36.5. The molecule has 0 aromatic heterocycles. The third-order valence-electron chi connectivity index (χ3n) is 24.6. The van der Waals surface area contributed by atoms with E-state index in [0.29, 0.717) is 83.5 Å². The topological polar surface area (TPSA) is 180 Å². The van der Waals surface area contributed by atoms with Crippen LogP contribution in [-0.2, 0) is 49.6 Å². The molecule has 0 spiro atoms. The largest absolute Gasteiger partial charge is 0.378 e. The van der Waals surface area contributed by atoms with Crippen molar-refractivity contribution in [2.75, 3.05) is 85.7 Å². The molecule has 1 N–H and O–H groups in total. The van der Waals surface area contributed by atoms with Gasteiger partial charge in [0.15, 0.2) is 0 Å². The third kappa shape index (κ3) is 48.2. The molecule has 5 saturated carbocycles. The highest BCUT2D eigenvalue weighted by atomic mass is 16.5. The van der Waals surface area contributed by atoms with E-state index in [-0.39, 0.29) is 58.8 Å². The minimum Gasteiger partial charge on any atom is -0.378 e. The van der Waals surface area contributed by atoms with E-state index >= 15 is 0 Å². The number of benzene rings is 2. The summed E-state index contributed by atoms with van der Waals surface area (Å²) in [6, 6.07) is 20.7. The van der Waals surface area contributed by atoms with Crippen molar-refractivity contribution in [2.24, 2.45) is 17.8 Å². The van der Waals surface area contributed by atoms with Gasteiger partial charge < -0.3 is 44.4 Å². The van der Waals surface area contributed by atoms with E-state index in [1.165, 1.54) is 205 Å². The summed E-state index contributed by atoms with van der Waals surface area (Å²) in [4.78, 5) is 107. The molecular weight excluding hydrogens is 1550 g/mol. The zero-order valence-electron chi connectivity index (χ0n) is 82.5. The van der Waals surface area contributed by atoms with Gasteiger partial charge in [-0.25, -0.2) is 0 Å². The predicted molar refractivity (Wildman–Crippen MR) is 527 cm³/mol. The van der Waals surface area contributed by atoms with Crippen LogP contribution < -0.4 is 5.32 Å². The van der Waals surface area contributed by atoms with Gasteiger partial charge in [-0.05, 0) is 202 Å². The molecule has 7 fully saturated rings. The lowest BCUT2D eigenvalue weighted by atomic mass is 9.52. The minimum absolute atomic E-state index is 0.00374. The summed E-state index contributed by atoms with van der Waals surface area (Å²) in [6.07, 6.45) is 48.3. The number of likely N-dealkylation sites (N-methyl/N-ethyl adjacent to an activating group) is 3. The van der Waals surface area contributed by atoms with E-state index in [9.17, 15) is 38.4 Å². The summed E-state index contributed by atoms with van der Waals surface area (Å²) in [5.41, 5.74) is 7.56.